The van der Waals surface area contributed by atoms with Crippen molar-refractivity contribution in [1.29, 1.82) is 0 Å². The van der Waals surface area contributed by atoms with Crippen molar-refractivity contribution in [3.63, 3.8) is 0 Å². The van der Waals surface area contributed by atoms with Crippen molar-refractivity contribution in [2.45, 2.75) is 6.61 Å². The number of fused-ring (bicyclic) bond motifs is 1. The van der Waals surface area contributed by atoms with Crippen molar-refractivity contribution in [1.82, 2.24) is 0 Å². The van der Waals surface area contributed by atoms with Crippen LogP contribution in [0.3, 0.4) is 0 Å². The lowest BCUT2D eigenvalue weighted by atomic mass is 10.1. The molecular formula is C18H12BrNO7. The van der Waals surface area contributed by atoms with E-state index in [1.807, 2.05) is 0 Å². The molecule has 0 aliphatic heterocycles. The number of nitro benzene ring substituents is 1. The maximum atomic E-state index is 11.9. The first-order chi connectivity index (χ1) is 12.9. The molecule has 0 atom stereocenters. The van der Waals surface area contributed by atoms with E-state index < -0.39 is 23.1 Å². The number of hydrogen-bond donors (Lipinski definition) is 0. The number of ether oxygens (including phenoxy) is 2. The van der Waals surface area contributed by atoms with Crippen LogP contribution in [0.25, 0.3) is 11.0 Å². The molecule has 0 bridgehead atoms. The monoisotopic (exact) mass is 433 g/mol. The maximum absolute atomic E-state index is 11.9. The van der Waals surface area contributed by atoms with Crippen LogP contribution in [0, 0.1) is 10.1 Å². The quantitative estimate of drug-likeness (QED) is 0.253. The Labute approximate surface area is 160 Å². The molecule has 0 N–H and O–H groups in total. The molecule has 0 saturated carbocycles. The standard InChI is InChI=1S/C18H12BrNO7/c19-12-5-6-13-11(7-17(21)27-16(13)8-12)9-26-18(22)10-25-15-4-2-1-3-14(15)20(23)24/h1-8H,9-10H2. The van der Waals surface area contributed by atoms with Gasteiger partial charge >= 0.3 is 17.3 Å². The minimum atomic E-state index is -0.730. The smallest absolute Gasteiger partial charge is 0.344 e. The highest BCUT2D eigenvalue weighted by molar-refractivity contribution is 9.10. The summed E-state index contributed by atoms with van der Waals surface area (Å²) in [7, 11) is 0. The van der Waals surface area contributed by atoms with Gasteiger partial charge in [-0.1, -0.05) is 28.1 Å². The van der Waals surface area contributed by atoms with E-state index in [-0.39, 0.29) is 18.0 Å². The number of carbonyl (C=O) groups excluding carboxylic acids is 1. The molecule has 0 spiro atoms. The van der Waals surface area contributed by atoms with Gasteiger partial charge in [0, 0.05) is 27.6 Å². The van der Waals surface area contributed by atoms with E-state index in [0.717, 1.165) is 4.47 Å². The molecule has 27 heavy (non-hydrogen) atoms. The van der Waals surface area contributed by atoms with E-state index in [2.05, 4.69) is 15.9 Å². The normalized spacial score (nSPS) is 10.6. The molecule has 1 heterocycles. The van der Waals surface area contributed by atoms with Gasteiger partial charge in [-0.05, 0) is 24.3 Å². The number of nitrogens with zero attached hydrogens (tertiary/aromatic N) is 1. The largest absolute Gasteiger partial charge is 0.475 e. The maximum Gasteiger partial charge on any atom is 0.344 e. The van der Waals surface area contributed by atoms with Gasteiger partial charge in [-0.15, -0.1) is 0 Å². The highest BCUT2D eigenvalue weighted by atomic mass is 79.9. The zero-order chi connectivity index (χ0) is 19.4. The molecule has 0 aliphatic carbocycles. The molecule has 3 aromatic rings. The summed E-state index contributed by atoms with van der Waals surface area (Å²) >= 11 is 3.29. The number of benzene rings is 2. The van der Waals surface area contributed by atoms with Crippen LogP contribution in [0.15, 0.2) is 62.2 Å². The van der Waals surface area contributed by atoms with Gasteiger partial charge in [0.15, 0.2) is 12.4 Å². The van der Waals surface area contributed by atoms with E-state index in [4.69, 9.17) is 13.9 Å². The van der Waals surface area contributed by atoms with Gasteiger partial charge in [0.05, 0.1) is 4.92 Å². The van der Waals surface area contributed by atoms with Crippen LogP contribution in [-0.4, -0.2) is 17.5 Å². The van der Waals surface area contributed by atoms with E-state index in [1.165, 1.54) is 24.3 Å². The van der Waals surface area contributed by atoms with Crippen LogP contribution in [-0.2, 0) is 16.1 Å². The van der Waals surface area contributed by atoms with Crippen molar-refractivity contribution in [2.75, 3.05) is 6.61 Å². The van der Waals surface area contributed by atoms with Gasteiger partial charge in [-0.3, -0.25) is 10.1 Å². The molecule has 0 radical (unpaired) electrons. The van der Waals surface area contributed by atoms with E-state index >= 15 is 0 Å². The highest BCUT2D eigenvalue weighted by Gasteiger charge is 2.16. The number of hydrogen-bond acceptors (Lipinski definition) is 7. The van der Waals surface area contributed by atoms with Crippen molar-refractivity contribution in [2.24, 2.45) is 0 Å². The topological polar surface area (TPSA) is 109 Å². The Kier molecular flexibility index (Phi) is 5.51. The third-order valence-electron chi connectivity index (χ3n) is 3.59. The van der Waals surface area contributed by atoms with Crippen molar-refractivity contribution < 1.29 is 23.6 Å². The Morgan fingerprint density at radius 2 is 1.96 bits per heavy atom. The Bertz CT molecular complexity index is 1080. The molecule has 0 aliphatic rings. The van der Waals surface area contributed by atoms with Gasteiger partial charge in [0.25, 0.3) is 0 Å². The van der Waals surface area contributed by atoms with Gasteiger partial charge < -0.3 is 13.9 Å². The number of halogens is 1. The fourth-order valence-corrected chi connectivity index (χ4v) is 2.73. The van der Waals surface area contributed by atoms with E-state index in [9.17, 15) is 19.7 Å². The van der Waals surface area contributed by atoms with Crippen LogP contribution >= 0.6 is 15.9 Å². The average Bonchev–Trinajstić information content (AvgIpc) is 2.64. The molecule has 8 nitrogen and oxygen atoms in total. The molecule has 0 fully saturated rings. The highest BCUT2D eigenvalue weighted by Crippen LogP contribution is 2.26. The first kappa shape index (κ1) is 18.6. The Hall–Kier alpha value is -3.20. The minimum absolute atomic E-state index is 0.0323. The summed E-state index contributed by atoms with van der Waals surface area (Å²) in [5.74, 6) is -0.762. The molecule has 138 valence electrons. The van der Waals surface area contributed by atoms with Crippen LogP contribution in [0.1, 0.15) is 5.56 Å². The predicted molar refractivity (Wildman–Crippen MR) is 98.6 cm³/mol. The first-order valence-corrected chi connectivity index (χ1v) is 8.47. The van der Waals surface area contributed by atoms with Crippen LogP contribution in [0.2, 0.25) is 0 Å². The third-order valence-corrected chi connectivity index (χ3v) is 4.08. The van der Waals surface area contributed by atoms with Crippen molar-refractivity contribution >= 4 is 38.6 Å². The molecule has 2 aromatic carbocycles. The molecule has 0 unspecified atom stereocenters. The number of para-hydroxylation sites is 2. The third kappa shape index (κ3) is 4.50. The van der Waals surface area contributed by atoms with Crippen LogP contribution < -0.4 is 10.4 Å². The minimum Gasteiger partial charge on any atom is -0.475 e. The van der Waals surface area contributed by atoms with E-state index in [1.54, 1.807) is 24.3 Å². The second-order valence-corrected chi connectivity index (χ2v) is 6.32. The number of nitro groups is 1. The van der Waals surface area contributed by atoms with Gasteiger partial charge in [0.2, 0.25) is 0 Å². The number of esters is 1. The number of carbonyl (C=O) groups is 1. The molecule has 3 rings (SSSR count). The lowest BCUT2D eigenvalue weighted by Crippen LogP contribution is -2.16. The average molecular weight is 434 g/mol. The Morgan fingerprint density at radius 3 is 2.74 bits per heavy atom. The zero-order valence-electron chi connectivity index (χ0n) is 13.7. The molecule has 1 aromatic heterocycles. The SMILES string of the molecule is O=C(COc1ccccc1[N+](=O)[O-])OCc1cc(=O)oc2cc(Br)ccc12. The fourth-order valence-electron chi connectivity index (χ4n) is 2.39. The zero-order valence-corrected chi connectivity index (χ0v) is 15.3. The molecule has 9 heteroatoms. The summed E-state index contributed by atoms with van der Waals surface area (Å²) in [6.07, 6.45) is 0. The van der Waals surface area contributed by atoms with Crippen LogP contribution in [0.4, 0.5) is 5.69 Å². The van der Waals surface area contributed by atoms with Gasteiger partial charge in [-0.2, -0.15) is 0 Å². The summed E-state index contributed by atoms with van der Waals surface area (Å²) in [6.45, 7) is -0.668. The second-order valence-electron chi connectivity index (χ2n) is 5.41. The van der Waals surface area contributed by atoms with Gasteiger partial charge in [0.1, 0.15) is 12.2 Å². The van der Waals surface area contributed by atoms with Crippen molar-refractivity contribution in [3.05, 3.63) is 79.1 Å². The summed E-state index contributed by atoms with van der Waals surface area (Å²) in [5.41, 5.74) is 0.0252. The lowest BCUT2D eigenvalue weighted by Gasteiger charge is -2.09. The second kappa shape index (κ2) is 8.00. The van der Waals surface area contributed by atoms with Crippen molar-refractivity contribution in [3.8, 4) is 5.75 Å². The van der Waals surface area contributed by atoms with E-state index in [0.29, 0.717) is 16.5 Å². The number of rotatable bonds is 6. The molecular weight excluding hydrogens is 422 g/mol. The Morgan fingerprint density at radius 1 is 1.19 bits per heavy atom. The summed E-state index contributed by atoms with van der Waals surface area (Å²) in [4.78, 5) is 33.9. The first-order valence-electron chi connectivity index (χ1n) is 7.68. The summed E-state index contributed by atoms with van der Waals surface area (Å²) in [5, 5.41) is 11.6. The van der Waals surface area contributed by atoms with Crippen LogP contribution in [0.5, 0.6) is 5.75 Å². The molecule has 0 amide bonds. The predicted octanol–water partition coefficient (Wildman–Crippen LogP) is 3.59. The fraction of sp³-hybridized carbons (Fsp3) is 0.111. The summed E-state index contributed by atoms with van der Waals surface area (Å²) < 4.78 is 16.1. The Balaban J connectivity index is 1.67. The lowest BCUT2D eigenvalue weighted by molar-refractivity contribution is -0.385. The molecule has 0 saturated heterocycles. The van der Waals surface area contributed by atoms with Gasteiger partial charge in [-0.25, -0.2) is 9.59 Å². The summed E-state index contributed by atoms with van der Waals surface area (Å²) in [6, 6.07) is 12.1.